The molecule has 100 valence electrons. The lowest BCUT2D eigenvalue weighted by molar-refractivity contribution is 0.501. The van der Waals surface area contributed by atoms with Gasteiger partial charge in [-0.3, -0.25) is 0 Å². The summed E-state index contributed by atoms with van der Waals surface area (Å²) in [5.74, 6) is 0. The fraction of sp³-hybridized carbons (Fsp3) is 0.333. The van der Waals surface area contributed by atoms with Crippen molar-refractivity contribution in [2.24, 2.45) is 0 Å². The molecule has 0 saturated heterocycles. The molecule has 2 aromatic rings. The van der Waals surface area contributed by atoms with Crippen LogP contribution in [-0.4, -0.2) is 0 Å². The van der Waals surface area contributed by atoms with Crippen LogP contribution in [0.4, 0.5) is 0 Å². The van der Waals surface area contributed by atoms with E-state index < -0.39 is 0 Å². The highest BCUT2D eigenvalue weighted by Crippen LogP contribution is 2.37. The van der Waals surface area contributed by atoms with Gasteiger partial charge in [0, 0.05) is 0 Å². The maximum atomic E-state index is 6.70. The van der Waals surface area contributed by atoms with Crippen molar-refractivity contribution in [3.05, 3.63) is 71.3 Å². The minimum Gasteiger partial charge on any atom is -0.113 e. The van der Waals surface area contributed by atoms with E-state index in [2.05, 4.69) is 57.2 Å². The van der Waals surface area contributed by atoms with Gasteiger partial charge in [-0.2, -0.15) is 0 Å². The molecule has 19 heavy (non-hydrogen) atoms. The van der Waals surface area contributed by atoms with Crippen molar-refractivity contribution in [2.45, 2.75) is 38.0 Å². The van der Waals surface area contributed by atoms with Crippen LogP contribution in [0.2, 0.25) is 0 Å². The van der Waals surface area contributed by atoms with Gasteiger partial charge in [-0.15, -0.1) is 11.6 Å². The summed E-state index contributed by atoms with van der Waals surface area (Å²) in [7, 11) is 0. The Kier molecular flexibility index (Phi) is 4.31. The molecule has 2 aromatic carbocycles. The Morgan fingerprint density at radius 1 is 0.947 bits per heavy atom. The first-order chi connectivity index (χ1) is 9.06. The molecule has 0 fully saturated rings. The van der Waals surface area contributed by atoms with Crippen LogP contribution in [0.1, 0.15) is 49.3 Å². The lowest BCUT2D eigenvalue weighted by atomic mass is 9.78. The molecule has 1 heteroatoms. The van der Waals surface area contributed by atoms with E-state index in [1.807, 2.05) is 18.2 Å². The minimum absolute atomic E-state index is 0.0803. The first-order valence-corrected chi connectivity index (χ1v) is 7.28. The van der Waals surface area contributed by atoms with Crippen LogP contribution >= 0.6 is 11.6 Å². The largest absolute Gasteiger partial charge is 0.113 e. The lowest BCUT2D eigenvalue weighted by Crippen LogP contribution is -2.18. The molecular weight excluding hydrogens is 252 g/mol. The molecule has 0 bridgehead atoms. The van der Waals surface area contributed by atoms with Crippen molar-refractivity contribution in [2.75, 3.05) is 0 Å². The summed E-state index contributed by atoms with van der Waals surface area (Å²) >= 11 is 6.70. The second-order valence-corrected chi connectivity index (χ2v) is 6.03. The third-order valence-corrected chi connectivity index (χ3v) is 4.43. The normalized spacial score (nSPS) is 13.3. The summed E-state index contributed by atoms with van der Waals surface area (Å²) in [6, 6.07) is 18.8. The molecule has 2 rings (SSSR count). The molecule has 0 aliphatic carbocycles. The van der Waals surface area contributed by atoms with Crippen LogP contribution < -0.4 is 0 Å². The quantitative estimate of drug-likeness (QED) is 0.626. The van der Waals surface area contributed by atoms with E-state index in [4.69, 9.17) is 11.6 Å². The van der Waals surface area contributed by atoms with Gasteiger partial charge in [0.1, 0.15) is 0 Å². The molecule has 0 spiro atoms. The topological polar surface area (TPSA) is 0 Å². The molecule has 0 aromatic heterocycles. The summed E-state index contributed by atoms with van der Waals surface area (Å²) in [6.07, 6.45) is 1.10. The van der Waals surface area contributed by atoms with E-state index in [0.29, 0.717) is 0 Å². The van der Waals surface area contributed by atoms with Crippen LogP contribution in [0.5, 0.6) is 0 Å². The molecule has 1 atom stereocenters. The molecule has 0 saturated carbocycles. The standard InChI is InChI=1S/C18H21Cl/c1-4-18(2,3)16-13-9-8-12-15(16)17(19)14-10-6-5-7-11-14/h5-13,17H,4H2,1-3H3/t17-/m1/s1. The minimum atomic E-state index is -0.0803. The van der Waals surface area contributed by atoms with E-state index >= 15 is 0 Å². The van der Waals surface area contributed by atoms with Crippen LogP contribution in [0.15, 0.2) is 54.6 Å². The Balaban J connectivity index is 2.46. The Morgan fingerprint density at radius 2 is 1.53 bits per heavy atom. The zero-order valence-corrected chi connectivity index (χ0v) is 12.6. The van der Waals surface area contributed by atoms with Crippen molar-refractivity contribution < 1.29 is 0 Å². The van der Waals surface area contributed by atoms with Gasteiger partial charge in [0.15, 0.2) is 0 Å². The van der Waals surface area contributed by atoms with E-state index in [9.17, 15) is 0 Å². The molecule has 0 radical (unpaired) electrons. The van der Waals surface area contributed by atoms with Crippen molar-refractivity contribution in [1.29, 1.82) is 0 Å². The SMILES string of the molecule is CCC(C)(C)c1ccccc1[C@H](Cl)c1ccccc1. The number of hydrogen-bond acceptors (Lipinski definition) is 0. The zero-order chi connectivity index (χ0) is 13.9. The Morgan fingerprint density at radius 3 is 2.16 bits per heavy atom. The fourth-order valence-electron chi connectivity index (χ4n) is 2.33. The first-order valence-electron chi connectivity index (χ1n) is 6.84. The van der Waals surface area contributed by atoms with Crippen LogP contribution in [0.3, 0.4) is 0 Å². The number of benzene rings is 2. The van der Waals surface area contributed by atoms with E-state index in [0.717, 1.165) is 12.0 Å². The smallest absolute Gasteiger partial charge is 0.0838 e. The first kappa shape index (κ1) is 14.1. The highest BCUT2D eigenvalue weighted by Gasteiger charge is 2.24. The van der Waals surface area contributed by atoms with Gasteiger partial charge in [-0.25, -0.2) is 0 Å². The van der Waals surface area contributed by atoms with E-state index in [-0.39, 0.29) is 10.8 Å². The maximum Gasteiger partial charge on any atom is 0.0838 e. The Hall–Kier alpha value is -1.27. The predicted molar refractivity (Wildman–Crippen MR) is 83.9 cm³/mol. The molecule has 0 N–H and O–H groups in total. The number of rotatable bonds is 4. The fourth-order valence-corrected chi connectivity index (χ4v) is 2.66. The van der Waals surface area contributed by atoms with Gasteiger partial charge >= 0.3 is 0 Å². The monoisotopic (exact) mass is 272 g/mol. The summed E-state index contributed by atoms with van der Waals surface area (Å²) in [4.78, 5) is 0. The molecule has 0 aliphatic rings. The highest BCUT2D eigenvalue weighted by molar-refractivity contribution is 6.22. The second-order valence-electron chi connectivity index (χ2n) is 5.60. The van der Waals surface area contributed by atoms with E-state index in [1.165, 1.54) is 11.1 Å². The molecule has 0 aliphatic heterocycles. The molecule has 0 unspecified atom stereocenters. The Bertz CT molecular complexity index is 528. The van der Waals surface area contributed by atoms with Gasteiger partial charge in [0.25, 0.3) is 0 Å². The molecular formula is C18H21Cl. The number of alkyl halides is 1. The zero-order valence-electron chi connectivity index (χ0n) is 11.9. The highest BCUT2D eigenvalue weighted by atomic mass is 35.5. The van der Waals surface area contributed by atoms with Gasteiger partial charge < -0.3 is 0 Å². The lowest BCUT2D eigenvalue weighted by Gasteiger charge is -2.28. The summed E-state index contributed by atoms with van der Waals surface area (Å²) in [6.45, 7) is 6.78. The molecule has 0 amide bonds. The van der Waals surface area contributed by atoms with Gasteiger partial charge in [0.2, 0.25) is 0 Å². The Labute approximate surface area is 121 Å². The van der Waals surface area contributed by atoms with E-state index in [1.54, 1.807) is 0 Å². The van der Waals surface area contributed by atoms with Crippen molar-refractivity contribution in [3.63, 3.8) is 0 Å². The summed E-state index contributed by atoms with van der Waals surface area (Å²) in [5.41, 5.74) is 3.88. The summed E-state index contributed by atoms with van der Waals surface area (Å²) < 4.78 is 0. The van der Waals surface area contributed by atoms with Crippen LogP contribution in [0, 0.1) is 0 Å². The molecule has 0 heterocycles. The van der Waals surface area contributed by atoms with Crippen molar-refractivity contribution in [3.8, 4) is 0 Å². The third-order valence-electron chi connectivity index (χ3n) is 3.94. The van der Waals surface area contributed by atoms with Gasteiger partial charge in [0.05, 0.1) is 5.38 Å². The molecule has 0 nitrogen and oxygen atoms in total. The average molecular weight is 273 g/mol. The average Bonchev–Trinajstić information content (AvgIpc) is 2.47. The van der Waals surface area contributed by atoms with Crippen LogP contribution in [0.25, 0.3) is 0 Å². The van der Waals surface area contributed by atoms with Crippen molar-refractivity contribution >= 4 is 11.6 Å². The van der Waals surface area contributed by atoms with Gasteiger partial charge in [-0.05, 0) is 28.5 Å². The predicted octanol–water partition coefficient (Wildman–Crippen LogP) is 5.70. The number of hydrogen-bond donors (Lipinski definition) is 0. The van der Waals surface area contributed by atoms with Crippen molar-refractivity contribution in [1.82, 2.24) is 0 Å². The van der Waals surface area contributed by atoms with Crippen LogP contribution in [-0.2, 0) is 5.41 Å². The third kappa shape index (κ3) is 3.01. The number of halogens is 1. The second kappa shape index (κ2) is 5.79. The summed E-state index contributed by atoms with van der Waals surface area (Å²) in [5, 5.41) is -0.0803. The maximum absolute atomic E-state index is 6.70. The van der Waals surface area contributed by atoms with Gasteiger partial charge in [-0.1, -0.05) is 75.4 Å².